The first-order valence-electron chi connectivity index (χ1n) is 34.7. The predicted molar refractivity (Wildman–Crippen MR) is 389 cm³/mol. The van der Waals surface area contributed by atoms with E-state index in [1.807, 2.05) is 26.0 Å². The van der Waals surface area contributed by atoms with E-state index in [0.29, 0.717) is 42.3 Å². The molecule has 9 aromatic rings. The third-order valence-corrected chi connectivity index (χ3v) is 17.5. The lowest BCUT2D eigenvalue weighted by Gasteiger charge is -2.26. The summed E-state index contributed by atoms with van der Waals surface area (Å²) in [5, 5.41) is 22.5. The summed E-state index contributed by atoms with van der Waals surface area (Å²) < 4.78 is 48.4. The molecule has 536 valence electrons. The molecule has 1 aliphatic carbocycles. The van der Waals surface area contributed by atoms with Crippen LogP contribution in [0.25, 0.3) is 50.5 Å². The number of nitrogens with one attached hydrogen (secondary N) is 3. The molecule has 4 N–H and O–H groups in total. The summed E-state index contributed by atoms with van der Waals surface area (Å²) in [6, 6.07) is 19.7. The Kier molecular flexibility index (Phi) is 27.0. The monoisotopic (exact) mass is 1390 g/mol. The van der Waals surface area contributed by atoms with Crippen LogP contribution < -0.4 is 16.0 Å². The molecule has 0 saturated carbocycles. The minimum absolute atomic E-state index is 0.0118. The highest BCUT2D eigenvalue weighted by atomic mass is 19.1. The topological polar surface area (TPSA) is 274 Å². The summed E-state index contributed by atoms with van der Waals surface area (Å²) in [6.07, 6.45) is 14.0. The van der Waals surface area contributed by atoms with E-state index in [4.69, 9.17) is 14.8 Å². The van der Waals surface area contributed by atoms with Crippen LogP contribution in [-0.4, -0.2) is 171 Å². The van der Waals surface area contributed by atoms with Crippen molar-refractivity contribution in [3.63, 3.8) is 0 Å². The molecule has 25 heteroatoms. The Morgan fingerprint density at radius 3 is 1.29 bits per heavy atom. The standard InChI is InChI=1S/C21H27FN4O2.C21H27FN4O.C18H17N5O.C17H20FN3O2/c1-14(2)20-18(16-4-5-19(22)17(12-16)15(3)27)13-24-21(25-20)23-6-7-26-8-10-28-11-9-26;1-14(2)20-18(16-6-7-19(22)17(12-16)15(3)27)13-24-21(25-20)23-8-11-26-9-4-5-10-26;1-11(2)17-15(8-20-18(22-17)23-10-19-9-21-23)13-4-3-12-5-6-16(24)14(12)7-13;1-10(2)16-14(9-20-17(21-16)19-6-7-22)12-4-5-15(18)13(8-12)11(3)23/h4-5,12-14H,6-11H2,1-3H3,(H,23,24,25);6-7,12-14H,4-5,8-11H2,1-3H3,(H,23,24,25);3-4,7-11H,5-6H2,1-2H3;4-5,8-10,22H,6-7H2,1-3H3,(H,19,20,21). The molecule has 5 aromatic heterocycles. The van der Waals surface area contributed by atoms with E-state index in [1.54, 1.807) is 66.1 Å². The number of anilines is 3. The minimum Gasteiger partial charge on any atom is -0.395 e. The summed E-state index contributed by atoms with van der Waals surface area (Å²) >= 11 is 0. The molecule has 0 atom stereocenters. The van der Waals surface area contributed by atoms with Crippen LogP contribution in [-0.2, 0) is 11.2 Å². The Hall–Kier alpha value is -9.95. The summed E-state index contributed by atoms with van der Waals surface area (Å²) in [5.41, 5.74) is 12.2. The van der Waals surface area contributed by atoms with Gasteiger partial charge in [-0.3, -0.25) is 24.1 Å². The zero-order valence-electron chi connectivity index (χ0n) is 60.0. The molecule has 4 aromatic carbocycles. The highest BCUT2D eigenvalue weighted by molar-refractivity contribution is 6.01. The number of nitrogens with zero attached hydrogens (tertiary/aromatic N) is 13. The fourth-order valence-corrected chi connectivity index (χ4v) is 12.0. The Balaban J connectivity index is 0.000000159. The van der Waals surface area contributed by atoms with E-state index in [1.165, 1.54) is 77.3 Å². The van der Waals surface area contributed by atoms with Crippen molar-refractivity contribution in [2.45, 2.75) is 126 Å². The third-order valence-electron chi connectivity index (χ3n) is 17.5. The van der Waals surface area contributed by atoms with Crippen LogP contribution in [0.5, 0.6) is 0 Å². The SMILES string of the molecule is CC(=O)c1cc(-c2cnc(NCCN3CCCC3)nc2C(C)C)ccc1F.CC(=O)c1cc(-c2cnc(NCCN3CCOCC3)nc2C(C)C)ccc1F.CC(=O)c1cc(-c2cnc(NCCO)nc2C(C)C)ccc1F.CC(C)c1nc(-n2cncn2)ncc1-c1ccc2c(c1)C(=O)CC2. The molecule has 0 unspecified atom stereocenters. The van der Waals surface area contributed by atoms with Gasteiger partial charge < -0.3 is 30.7 Å². The molecule has 0 spiro atoms. The van der Waals surface area contributed by atoms with Gasteiger partial charge in [0.1, 0.15) is 30.1 Å². The number of halogens is 3. The van der Waals surface area contributed by atoms with Crippen molar-refractivity contribution in [1.82, 2.24) is 64.4 Å². The molecular formula is C77H91F3N16O6. The van der Waals surface area contributed by atoms with Crippen LogP contribution in [0.3, 0.4) is 0 Å². The van der Waals surface area contributed by atoms with Gasteiger partial charge in [0, 0.05) is 105 Å². The molecule has 7 heterocycles. The highest BCUT2D eigenvalue weighted by Crippen LogP contribution is 2.35. The highest BCUT2D eigenvalue weighted by Gasteiger charge is 2.24. The lowest BCUT2D eigenvalue weighted by molar-refractivity contribution is 0.0398. The first kappa shape index (κ1) is 76.2. The van der Waals surface area contributed by atoms with Gasteiger partial charge in [-0.2, -0.15) is 9.78 Å². The van der Waals surface area contributed by atoms with Gasteiger partial charge in [-0.15, -0.1) is 0 Å². The lowest BCUT2D eigenvalue weighted by Crippen LogP contribution is -2.39. The van der Waals surface area contributed by atoms with E-state index in [9.17, 15) is 32.3 Å². The van der Waals surface area contributed by atoms with Crippen molar-refractivity contribution in [3.05, 3.63) is 178 Å². The number of carbonyl (C=O) groups is 4. The summed E-state index contributed by atoms with van der Waals surface area (Å²) in [4.78, 5) is 91.6. The van der Waals surface area contributed by atoms with Gasteiger partial charge in [-0.1, -0.05) is 85.7 Å². The number of likely N-dealkylation sites (tertiary alicyclic amines) is 1. The van der Waals surface area contributed by atoms with Crippen LogP contribution in [0, 0.1) is 17.5 Å². The number of fused-ring (bicyclic) bond motifs is 1. The number of ketones is 4. The maximum absolute atomic E-state index is 13.9. The minimum atomic E-state index is -0.533. The molecular weight excluding hydrogens is 1300 g/mol. The number of benzene rings is 4. The van der Waals surface area contributed by atoms with Crippen LogP contribution >= 0.6 is 0 Å². The van der Waals surface area contributed by atoms with Gasteiger partial charge in [0.05, 0.1) is 59.3 Å². The molecule has 12 rings (SSSR count). The predicted octanol–water partition coefficient (Wildman–Crippen LogP) is 13.5. The molecule has 2 saturated heterocycles. The first-order chi connectivity index (χ1) is 49.0. The molecule has 2 aliphatic heterocycles. The van der Waals surface area contributed by atoms with Crippen molar-refractivity contribution in [3.8, 4) is 50.5 Å². The average molecular weight is 1390 g/mol. The number of aliphatic hydroxyl groups excluding tert-OH is 1. The number of Topliss-reactive ketones (excluding diaryl/α,β-unsaturated/α-hetero) is 4. The van der Waals surface area contributed by atoms with Crippen LogP contribution in [0.2, 0.25) is 0 Å². The number of aryl methyl sites for hydroxylation is 1. The normalized spacial score (nSPS) is 13.7. The smallest absolute Gasteiger partial charge is 0.252 e. The van der Waals surface area contributed by atoms with Crippen molar-refractivity contribution in [2.75, 3.05) is 94.7 Å². The van der Waals surface area contributed by atoms with E-state index >= 15 is 0 Å². The Morgan fingerprint density at radius 2 is 0.892 bits per heavy atom. The van der Waals surface area contributed by atoms with Gasteiger partial charge in [0.25, 0.3) is 5.95 Å². The zero-order valence-corrected chi connectivity index (χ0v) is 60.0. The number of aromatic nitrogens is 11. The van der Waals surface area contributed by atoms with E-state index in [0.717, 1.165) is 132 Å². The Morgan fingerprint density at radius 1 is 0.500 bits per heavy atom. The number of hydrogen-bond donors (Lipinski definition) is 4. The lowest BCUT2D eigenvalue weighted by atomic mass is 9.96. The summed E-state index contributed by atoms with van der Waals surface area (Å²) in [6.45, 7) is 30.1. The first-order valence-corrected chi connectivity index (χ1v) is 34.7. The second-order valence-corrected chi connectivity index (χ2v) is 26.5. The maximum atomic E-state index is 13.9. The number of carbonyl (C=O) groups excluding carboxylic acids is 4. The van der Waals surface area contributed by atoms with Crippen molar-refractivity contribution in [2.24, 2.45) is 0 Å². The average Bonchev–Trinajstić information content (AvgIpc) is 1.32. The number of rotatable bonds is 23. The largest absolute Gasteiger partial charge is 0.395 e. The Bertz CT molecular complexity index is 4390. The number of hydrogen-bond acceptors (Lipinski definition) is 21. The van der Waals surface area contributed by atoms with Gasteiger partial charge in [-0.05, 0) is 147 Å². The second-order valence-electron chi connectivity index (χ2n) is 26.5. The van der Waals surface area contributed by atoms with Crippen LogP contribution in [0.1, 0.15) is 189 Å². The van der Waals surface area contributed by atoms with Crippen molar-refractivity contribution in [1.29, 1.82) is 0 Å². The molecule has 0 radical (unpaired) electrons. The van der Waals surface area contributed by atoms with Crippen molar-refractivity contribution >= 4 is 41.0 Å². The molecule has 3 aliphatic rings. The summed E-state index contributed by atoms with van der Waals surface area (Å²) in [7, 11) is 0. The molecule has 102 heavy (non-hydrogen) atoms. The van der Waals surface area contributed by atoms with Crippen LogP contribution in [0.15, 0.2) is 110 Å². The fourth-order valence-electron chi connectivity index (χ4n) is 12.0. The van der Waals surface area contributed by atoms with Crippen LogP contribution in [0.4, 0.5) is 31.0 Å². The zero-order chi connectivity index (χ0) is 73.1. The van der Waals surface area contributed by atoms with E-state index < -0.39 is 17.5 Å². The molecule has 0 bridgehead atoms. The number of aliphatic hydroxyl groups is 1. The second kappa shape index (κ2) is 36.1. The molecule has 0 amide bonds. The molecule has 2 fully saturated rings. The van der Waals surface area contributed by atoms with Gasteiger partial charge in [0.2, 0.25) is 17.8 Å². The number of morpholine rings is 1. The van der Waals surface area contributed by atoms with E-state index in [-0.39, 0.29) is 70.1 Å². The van der Waals surface area contributed by atoms with Gasteiger partial charge >= 0.3 is 0 Å². The van der Waals surface area contributed by atoms with Gasteiger partial charge in [0.15, 0.2) is 23.1 Å². The molecule has 22 nitrogen and oxygen atoms in total. The summed E-state index contributed by atoms with van der Waals surface area (Å²) in [5.74, 6) is 0.546. The maximum Gasteiger partial charge on any atom is 0.252 e. The quantitative estimate of drug-likeness (QED) is 0.0433. The van der Waals surface area contributed by atoms with E-state index in [2.05, 4.69) is 118 Å². The van der Waals surface area contributed by atoms with Gasteiger partial charge in [-0.25, -0.2) is 58.0 Å². The third kappa shape index (κ3) is 20.0. The van der Waals surface area contributed by atoms with Crippen molar-refractivity contribution < 1.29 is 42.2 Å². The number of ether oxygens (including phenoxy) is 1. The fraction of sp³-hybridized carbons (Fsp3) is 0.403. The Labute approximate surface area is 593 Å².